The molecule has 0 spiro atoms. The molecule has 7 nitrogen and oxygen atoms in total. The van der Waals surface area contributed by atoms with Gasteiger partial charge < -0.3 is 10.6 Å². The lowest BCUT2D eigenvalue weighted by Gasteiger charge is -1.97. The van der Waals surface area contributed by atoms with E-state index in [4.69, 9.17) is 5.26 Å². The van der Waals surface area contributed by atoms with Crippen molar-refractivity contribution in [3.8, 4) is 16.6 Å². The summed E-state index contributed by atoms with van der Waals surface area (Å²) in [5.41, 5.74) is 1.40. The summed E-state index contributed by atoms with van der Waals surface area (Å²) in [6.07, 6.45) is 0.262. The van der Waals surface area contributed by atoms with Crippen molar-refractivity contribution in [2.24, 2.45) is 0 Å². The number of nitrogens with one attached hydrogen (secondary N) is 2. The number of thiazole rings is 2. The average molecular weight is 335 g/mol. The molecule has 2 aromatic rings. The summed E-state index contributed by atoms with van der Waals surface area (Å²) in [5, 5.41) is 16.3. The third-order valence-corrected chi connectivity index (χ3v) is 4.47. The fourth-order valence-electron chi connectivity index (χ4n) is 1.63. The Morgan fingerprint density at radius 1 is 1.41 bits per heavy atom. The number of hydrogen-bond donors (Lipinski definition) is 2. The highest BCUT2D eigenvalue weighted by molar-refractivity contribution is 7.19. The van der Waals surface area contributed by atoms with Crippen LogP contribution in [0, 0.1) is 18.3 Å². The van der Waals surface area contributed by atoms with Gasteiger partial charge in [0, 0.05) is 18.8 Å². The monoisotopic (exact) mass is 335 g/mol. The van der Waals surface area contributed by atoms with Crippen molar-refractivity contribution in [1.82, 2.24) is 15.3 Å². The summed E-state index contributed by atoms with van der Waals surface area (Å²) in [7, 11) is 0. The Morgan fingerprint density at radius 2 is 2.18 bits per heavy atom. The zero-order chi connectivity index (χ0) is 16.1. The molecule has 2 heterocycles. The Kier molecular flexibility index (Phi) is 5.19. The van der Waals surface area contributed by atoms with E-state index in [0.717, 1.165) is 10.6 Å². The van der Waals surface area contributed by atoms with Gasteiger partial charge in [-0.3, -0.25) is 9.59 Å². The van der Waals surface area contributed by atoms with Gasteiger partial charge >= 0.3 is 0 Å². The van der Waals surface area contributed by atoms with E-state index in [-0.39, 0.29) is 18.2 Å². The fraction of sp³-hybridized carbons (Fsp3) is 0.308. The predicted octanol–water partition coefficient (Wildman–Crippen LogP) is 2.18. The van der Waals surface area contributed by atoms with Crippen LogP contribution in [0.15, 0.2) is 5.38 Å². The van der Waals surface area contributed by atoms with Crippen molar-refractivity contribution in [1.29, 1.82) is 5.26 Å². The first-order chi connectivity index (χ1) is 10.5. The Labute approximate surface area is 135 Å². The molecule has 0 aliphatic rings. The molecule has 114 valence electrons. The molecule has 0 bridgehead atoms. The second kappa shape index (κ2) is 7.11. The number of aryl methyl sites for hydroxylation is 1. The van der Waals surface area contributed by atoms with E-state index in [0.29, 0.717) is 22.4 Å². The minimum Gasteiger partial charge on any atom is -0.349 e. The van der Waals surface area contributed by atoms with Crippen molar-refractivity contribution in [2.75, 3.05) is 11.9 Å². The molecule has 2 amide bonds. The van der Waals surface area contributed by atoms with Gasteiger partial charge in [-0.2, -0.15) is 5.26 Å². The predicted molar refractivity (Wildman–Crippen MR) is 84.8 cm³/mol. The largest absolute Gasteiger partial charge is 0.349 e. The molecular weight excluding hydrogens is 322 g/mol. The number of hydrogen-bond acceptors (Lipinski definition) is 7. The molecular formula is C13H13N5O2S2. The van der Waals surface area contributed by atoms with Gasteiger partial charge in [-0.15, -0.1) is 11.3 Å². The lowest BCUT2D eigenvalue weighted by Crippen LogP contribution is -2.23. The summed E-state index contributed by atoms with van der Waals surface area (Å²) in [6.45, 7) is 3.54. The summed E-state index contributed by atoms with van der Waals surface area (Å²) < 4.78 is 0. The molecule has 2 rings (SSSR count). The van der Waals surface area contributed by atoms with Gasteiger partial charge in [0.1, 0.15) is 0 Å². The van der Waals surface area contributed by atoms with Crippen molar-refractivity contribution in [3.05, 3.63) is 16.1 Å². The van der Waals surface area contributed by atoms with Crippen molar-refractivity contribution >= 4 is 39.6 Å². The second-order valence-corrected chi connectivity index (χ2v) is 6.17. The number of carbonyl (C=O) groups is 2. The standard InChI is InChI=1S/C13H13N5O2S2/c1-7-10(22-13(16-7)17-8(2)19)9-6-21-12(18-9)11(20)15-5-3-4-14/h6H,3,5H2,1-2H3,(H,15,20)(H,16,17,19). The fourth-order valence-corrected chi connectivity index (χ4v) is 3.40. The topological polar surface area (TPSA) is 108 Å². The van der Waals surface area contributed by atoms with Gasteiger partial charge in [0.05, 0.1) is 28.8 Å². The third kappa shape index (κ3) is 3.87. The quantitative estimate of drug-likeness (QED) is 0.814. The molecule has 0 atom stereocenters. The van der Waals surface area contributed by atoms with Crippen molar-refractivity contribution < 1.29 is 9.59 Å². The highest BCUT2D eigenvalue weighted by Gasteiger charge is 2.16. The molecule has 0 saturated heterocycles. The van der Waals surface area contributed by atoms with Gasteiger partial charge in [0.2, 0.25) is 5.91 Å². The SMILES string of the molecule is CC(=O)Nc1nc(C)c(-c2csc(C(=O)NCCC#N)n2)s1. The van der Waals surface area contributed by atoms with E-state index in [9.17, 15) is 9.59 Å². The Balaban J connectivity index is 2.14. The van der Waals surface area contributed by atoms with E-state index in [1.807, 2.05) is 13.0 Å². The lowest BCUT2D eigenvalue weighted by molar-refractivity contribution is -0.114. The molecule has 2 N–H and O–H groups in total. The zero-order valence-corrected chi connectivity index (χ0v) is 13.6. The van der Waals surface area contributed by atoms with Gasteiger partial charge in [-0.25, -0.2) is 9.97 Å². The van der Waals surface area contributed by atoms with Crippen LogP contribution in [0.25, 0.3) is 10.6 Å². The number of nitrogens with zero attached hydrogens (tertiary/aromatic N) is 3. The molecule has 0 fully saturated rings. The molecule has 0 radical (unpaired) electrons. The smallest absolute Gasteiger partial charge is 0.280 e. The number of rotatable bonds is 5. The molecule has 0 saturated carbocycles. The first kappa shape index (κ1) is 16.1. The number of aromatic nitrogens is 2. The van der Waals surface area contributed by atoms with Gasteiger partial charge in [-0.1, -0.05) is 11.3 Å². The molecule has 0 aliphatic carbocycles. The van der Waals surface area contributed by atoms with Crippen LogP contribution in [-0.4, -0.2) is 28.3 Å². The van der Waals surface area contributed by atoms with Crippen molar-refractivity contribution in [3.63, 3.8) is 0 Å². The molecule has 0 aromatic carbocycles. The minimum atomic E-state index is -0.296. The van der Waals surface area contributed by atoms with E-state index in [2.05, 4.69) is 20.6 Å². The van der Waals surface area contributed by atoms with Gasteiger partial charge in [-0.05, 0) is 6.92 Å². The molecule has 9 heteroatoms. The number of nitriles is 1. The van der Waals surface area contributed by atoms with Gasteiger partial charge in [0.25, 0.3) is 5.91 Å². The van der Waals surface area contributed by atoms with Gasteiger partial charge in [0.15, 0.2) is 10.1 Å². The average Bonchev–Trinajstić information content (AvgIpc) is 3.05. The van der Waals surface area contributed by atoms with Crippen LogP contribution in [0.5, 0.6) is 0 Å². The van der Waals surface area contributed by atoms with E-state index in [1.54, 1.807) is 5.38 Å². The van der Waals surface area contributed by atoms with E-state index >= 15 is 0 Å². The molecule has 0 aliphatic heterocycles. The molecule has 2 aromatic heterocycles. The van der Waals surface area contributed by atoms with Crippen LogP contribution in [-0.2, 0) is 4.79 Å². The highest BCUT2D eigenvalue weighted by atomic mass is 32.1. The van der Waals surface area contributed by atoms with Crippen LogP contribution in [0.4, 0.5) is 5.13 Å². The van der Waals surface area contributed by atoms with Crippen LogP contribution >= 0.6 is 22.7 Å². The highest BCUT2D eigenvalue weighted by Crippen LogP contribution is 2.33. The number of amides is 2. The molecule has 22 heavy (non-hydrogen) atoms. The first-order valence-corrected chi connectivity index (χ1v) is 8.07. The maximum absolute atomic E-state index is 11.9. The summed E-state index contributed by atoms with van der Waals surface area (Å²) >= 11 is 2.54. The summed E-state index contributed by atoms with van der Waals surface area (Å²) in [4.78, 5) is 32.3. The summed E-state index contributed by atoms with van der Waals surface area (Å²) in [6, 6.07) is 1.96. The van der Waals surface area contributed by atoms with Crippen LogP contribution < -0.4 is 10.6 Å². The zero-order valence-electron chi connectivity index (χ0n) is 12.0. The van der Waals surface area contributed by atoms with E-state index < -0.39 is 0 Å². The Bertz CT molecular complexity index is 744. The van der Waals surface area contributed by atoms with Crippen LogP contribution in [0.3, 0.4) is 0 Å². The van der Waals surface area contributed by atoms with Crippen molar-refractivity contribution in [2.45, 2.75) is 20.3 Å². The summed E-state index contributed by atoms with van der Waals surface area (Å²) in [5.74, 6) is -0.480. The lowest BCUT2D eigenvalue weighted by atomic mass is 10.3. The maximum atomic E-state index is 11.9. The maximum Gasteiger partial charge on any atom is 0.280 e. The molecule has 0 unspecified atom stereocenters. The van der Waals surface area contributed by atoms with Crippen LogP contribution in [0.2, 0.25) is 0 Å². The second-order valence-electron chi connectivity index (χ2n) is 4.32. The number of anilines is 1. The normalized spacial score (nSPS) is 10.0. The minimum absolute atomic E-state index is 0.184. The first-order valence-electron chi connectivity index (χ1n) is 6.37. The third-order valence-electron chi connectivity index (χ3n) is 2.53. The van der Waals surface area contributed by atoms with Crippen LogP contribution in [0.1, 0.15) is 28.8 Å². The number of carbonyl (C=O) groups excluding carboxylic acids is 2. The van der Waals surface area contributed by atoms with E-state index in [1.165, 1.54) is 29.6 Å². The Hall–Kier alpha value is -2.31. The Morgan fingerprint density at radius 3 is 2.86 bits per heavy atom.